The Labute approximate surface area is 161 Å². The second kappa shape index (κ2) is 9.77. The fraction of sp³-hybridized carbons (Fsp3) is 0.333. The number of rotatable bonds is 8. The van der Waals surface area contributed by atoms with Gasteiger partial charge in [-0.15, -0.1) is 0 Å². The van der Waals surface area contributed by atoms with Gasteiger partial charge in [-0.3, -0.25) is 4.79 Å². The summed E-state index contributed by atoms with van der Waals surface area (Å²) in [6.45, 7) is 4.08. The first-order chi connectivity index (χ1) is 12.9. The van der Waals surface area contributed by atoms with E-state index >= 15 is 0 Å². The molecule has 0 aliphatic rings. The summed E-state index contributed by atoms with van der Waals surface area (Å²) in [6.07, 6.45) is 1.31. The van der Waals surface area contributed by atoms with Gasteiger partial charge in [0.05, 0.1) is 19.0 Å². The molecule has 1 aromatic heterocycles. The Balaban J connectivity index is 1.91. The number of benzene rings is 1. The highest BCUT2D eigenvalue weighted by atomic mass is 32.2. The van der Waals surface area contributed by atoms with Gasteiger partial charge in [0.1, 0.15) is 17.1 Å². The lowest BCUT2D eigenvalue weighted by Gasteiger charge is -2.12. The van der Waals surface area contributed by atoms with E-state index in [0.717, 1.165) is 23.1 Å². The van der Waals surface area contributed by atoms with Crippen LogP contribution in [0.4, 0.5) is 5.82 Å². The summed E-state index contributed by atoms with van der Waals surface area (Å²) < 4.78 is 9.98. The van der Waals surface area contributed by atoms with Crippen LogP contribution in [0.25, 0.3) is 0 Å². The van der Waals surface area contributed by atoms with E-state index in [1.807, 2.05) is 24.3 Å². The number of thioether (sulfide) groups is 1. The summed E-state index contributed by atoms with van der Waals surface area (Å²) in [7, 11) is 1.60. The lowest BCUT2D eigenvalue weighted by Crippen LogP contribution is -2.30. The van der Waals surface area contributed by atoms with Crippen molar-refractivity contribution >= 4 is 29.5 Å². The van der Waals surface area contributed by atoms with E-state index in [-0.39, 0.29) is 23.9 Å². The molecular formula is C18H22N4O4S. The van der Waals surface area contributed by atoms with Gasteiger partial charge in [0.15, 0.2) is 5.16 Å². The first-order valence-electron chi connectivity index (χ1n) is 8.31. The van der Waals surface area contributed by atoms with Crippen LogP contribution < -0.4 is 15.8 Å². The summed E-state index contributed by atoms with van der Waals surface area (Å²) in [4.78, 5) is 32.1. The highest BCUT2D eigenvalue weighted by Gasteiger charge is 2.18. The molecule has 0 radical (unpaired) electrons. The van der Waals surface area contributed by atoms with Crippen LogP contribution in [0.5, 0.6) is 5.75 Å². The number of nitrogens with one attached hydrogen (secondary N) is 1. The topological polar surface area (TPSA) is 116 Å². The first-order valence-corrected chi connectivity index (χ1v) is 9.19. The lowest BCUT2D eigenvalue weighted by molar-refractivity contribution is -0.120. The Morgan fingerprint density at radius 2 is 2.00 bits per heavy atom. The number of carbonyl (C=O) groups is 2. The molecule has 2 aromatic rings. The summed E-state index contributed by atoms with van der Waals surface area (Å²) in [5.74, 6) is 0.0519. The van der Waals surface area contributed by atoms with Crippen LogP contribution in [0.3, 0.4) is 0 Å². The van der Waals surface area contributed by atoms with Gasteiger partial charge in [0.25, 0.3) is 0 Å². The number of anilines is 1. The Morgan fingerprint density at radius 3 is 2.59 bits per heavy atom. The maximum atomic E-state index is 12.3. The Kier molecular flexibility index (Phi) is 7.42. The van der Waals surface area contributed by atoms with Gasteiger partial charge >= 0.3 is 5.97 Å². The largest absolute Gasteiger partial charge is 0.497 e. The van der Waals surface area contributed by atoms with Crippen molar-refractivity contribution in [1.82, 2.24) is 15.3 Å². The maximum absolute atomic E-state index is 12.3. The molecule has 1 amide bonds. The van der Waals surface area contributed by atoms with Gasteiger partial charge in [-0.25, -0.2) is 14.8 Å². The minimum absolute atomic E-state index is 0.0248. The number of hydrogen-bond donors (Lipinski definition) is 2. The van der Waals surface area contributed by atoms with Crippen LogP contribution in [0.1, 0.15) is 29.8 Å². The number of amides is 1. The van der Waals surface area contributed by atoms with E-state index in [4.69, 9.17) is 15.2 Å². The third-order valence-corrected chi connectivity index (χ3v) is 4.54. The van der Waals surface area contributed by atoms with Crippen LogP contribution in [-0.2, 0) is 16.1 Å². The van der Waals surface area contributed by atoms with E-state index in [2.05, 4.69) is 15.3 Å². The average molecular weight is 390 g/mol. The minimum Gasteiger partial charge on any atom is -0.497 e. The quantitative estimate of drug-likeness (QED) is 0.400. The van der Waals surface area contributed by atoms with Crippen molar-refractivity contribution in [1.29, 1.82) is 0 Å². The van der Waals surface area contributed by atoms with Crippen LogP contribution >= 0.6 is 11.8 Å². The molecule has 0 spiro atoms. The lowest BCUT2D eigenvalue weighted by atomic mass is 10.2. The number of nitrogens with zero attached hydrogens (tertiary/aromatic N) is 2. The predicted molar refractivity (Wildman–Crippen MR) is 103 cm³/mol. The predicted octanol–water partition coefficient (Wildman–Crippen LogP) is 2.04. The number of esters is 1. The molecule has 0 aliphatic carbocycles. The molecule has 2 rings (SSSR count). The third kappa shape index (κ3) is 5.85. The zero-order valence-corrected chi connectivity index (χ0v) is 16.2. The molecule has 0 bridgehead atoms. The number of nitrogens with two attached hydrogens (primary N) is 1. The van der Waals surface area contributed by atoms with Crippen LogP contribution in [-0.4, -0.2) is 40.8 Å². The molecule has 27 heavy (non-hydrogen) atoms. The van der Waals surface area contributed by atoms with Gasteiger partial charge in [0, 0.05) is 12.7 Å². The standard InChI is InChI=1S/C18H22N4O4S/c1-4-26-17(24)14-10-21-18(22-15(14)19)27-11(2)16(23)20-9-12-5-7-13(25-3)8-6-12/h5-8,10-11H,4,9H2,1-3H3,(H,20,23)(H2,19,21,22)/t11-/m1/s1. The van der Waals surface area contributed by atoms with E-state index < -0.39 is 11.2 Å². The van der Waals surface area contributed by atoms with Crippen molar-refractivity contribution in [3.63, 3.8) is 0 Å². The molecule has 1 atom stereocenters. The van der Waals surface area contributed by atoms with Gasteiger partial charge in [-0.05, 0) is 31.5 Å². The molecule has 0 saturated carbocycles. The Bertz CT molecular complexity index is 798. The molecular weight excluding hydrogens is 368 g/mol. The van der Waals surface area contributed by atoms with Crippen molar-refractivity contribution in [2.45, 2.75) is 30.8 Å². The Morgan fingerprint density at radius 1 is 1.30 bits per heavy atom. The molecule has 0 aliphatic heterocycles. The van der Waals surface area contributed by atoms with Crippen LogP contribution in [0, 0.1) is 0 Å². The number of hydrogen-bond acceptors (Lipinski definition) is 8. The summed E-state index contributed by atoms with van der Waals surface area (Å²) in [5, 5.41) is 2.73. The smallest absolute Gasteiger partial charge is 0.343 e. The van der Waals surface area contributed by atoms with Crippen LogP contribution in [0.2, 0.25) is 0 Å². The average Bonchev–Trinajstić information content (AvgIpc) is 2.66. The van der Waals surface area contributed by atoms with Gasteiger partial charge in [-0.1, -0.05) is 23.9 Å². The van der Waals surface area contributed by atoms with Crippen molar-refractivity contribution in [3.05, 3.63) is 41.6 Å². The summed E-state index contributed by atoms with van der Waals surface area (Å²) in [6, 6.07) is 7.44. The number of nitrogen functional groups attached to an aromatic ring is 1. The van der Waals surface area contributed by atoms with Gasteiger partial charge < -0.3 is 20.5 Å². The molecule has 0 saturated heterocycles. The fourth-order valence-electron chi connectivity index (χ4n) is 2.09. The highest BCUT2D eigenvalue weighted by molar-refractivity contribution is 8.00. The van der Waals surface area contributed by atoms with Crippen molar-refractivity contribution in [3.8, 4) is 5.75 Å². The second-order valence-corrected chi connectivity index (χ2v) is 6.81. The summed E-state index contributed by atoms with van der Waals surface area (Å²) >= 11 is 1.15. The Hall–Kier alpha value is -2.81. The molecule has 0 fully saturated rings. The normalized spacial score (nSPS) is 11.5. The SMILES string of the molecule is CCOC(=O)c1cnc(S[C@H](C)C(=O)NCc2ccc(OC)cc2)nc1N. The number of ether oxygens (including phenoxy) is 2. The number of methoxy groups -OCH3 is 1. The van der Waals surface area contributed by atoms with E-state index in [1.165, 1.54) is 6.20 Å². The zero-order valence-electron chi connectivity index (χ0n) is 15.4. The molecule has 8 nitrogen and oxygen atoms in total. The van der Waals surface area contributed by atoms with Gasteiger partial charge in [-0.2, -0.15) is 0 Å². The number of carbonyl (C=O) groups excluding carboxylic acids is 2. The molecule has 0 unspecified atom stereocenters. The minimum atomic E-state index is -0.572. The monoisotopic (exact) mass is 390 g/mol. The zero-order chi connectivity index (χ0) is 19.8. The summed E-state index contributed by atoms with van der Waals surface area (Å²) in [5.41, 5.74) is 6.85. The maximum Gasteiger partial charge on any atom is 0.343 e. The van der Waals surface area contributed by atoms with E-state index in [1.54, 1.807) is 21.0 Å². The third-order valence-electron chi connectivity index (χ3n) is 3.57. The fourth-order valence-corrected chi connectivity index (χ4v) is 2.86. The highest BCUT2D eigenvalue weighted by Crippen LogP contribution is 2.22. The molecule has 144 valence electrons. The van der Waals surface area contributed by atoms with Crippen molar-refractivity contribution in [2.75, 3.05) is 19.5 Å². The first kappa shape index (κ1) is 20.5. The van der Waals surface area contributed by atoms with E-state index in [0.29, 0.717) is 11.7 Å². The van der Waals surface area contributed by atoms with Gasteiger partial charge in [0.2, 0.25) is 5.91 Å². The molecule has 9 heteroatoms. The molecule has 3 N–H and O–H groups in total. The van der Waals surface area contributed by atoms with E-state index in [9.17, 15) is 9.59 Å². The molecule has 1 aromatic carbocycles. The number of aromatic nitrogens is 2. The van der Waals surface area contributed by atoms with Crippen molar-refractivity contribution in [2.24, 2.45) is 0 Å². The molecule has 1 heterocycles. The van der Waals surface area contributed by atoms with Crippen LogP contribution in [0.15, 0.2) is 35.6 Å². The van der Waals surface area contributed by atoms with Crippen molar-refractivity contribution < 1.29 is 19.1 Å². The second-order valence-electron chi connectivity index (χ2n) is 5.50.